The molecule has 2 N–H and O–H groups in total. The minimum atomic E-state index is -1.08. The highest BCUT2D eigenvalue weighted by Gasteiger charge is 2.09. The molecule has 2 aromatic carbocycles. The van der Waals surface area contributed by atoms with Gasteiger partial charge in [-0.05, 0) is 60.4 Å². The van der Waals surface area contributed by atoms with Crippen LogP contribution in [0.1, 0.15) is 36.8 Å². The Balaban J connectivity index is 1.73. The first-order valence-electron chi connectivity index (χ1n) is 9.75. The summed E-state index contributed by atoms with van der Waals surface area (Å²) in [7, 11) is 0. The average molecular weight is 438 g/mol. The molecule has 2 aromatic rings. The van der Waals surface area contributed by atoms with Crippen molar-refractivity contribution in [2.75, 3.05) is 0 Å². The molecule has 0 fully saturated rings. The van der Waals surface area contributed by atoms with Crippen LogP contribution in [0.2, 0.25) is 0 Å². The van der Waals surface area contributed by atoms with Crippen LogP contribution in [0.5, 0.6) is 11.5 Å². The number of ether oxygens (including phenoxy) is 2. The van der Waals surface area contributed by atoms with E-state index >= 15 is 0 Å². The first-order valence-corrected chi connectivity index (χ1v) is 9.75. The number of aliphatic carboxylic acids is 2. The molecule has 0 atom stereocenters. The van der Waals surface area contributed by atoms with Gasteiger partial charge in [0.2, 0.25) is 0 Å². The van der Waals surface area contributed by atoms with Crippen LogP contribution < -0.4 is 9.47 Å². The van der Waals surface area contributed by atoms with Crippen LogP contribution in [0, 0.1) is 0 Å². The maximum absolute atomic E-state index is 12.0. The van der Waals surface area contributed by atoms with Crippen molar-refractivity contribution in [3.63, 3.8) is 0 Å². The van der Waals surface area contributed by atoms with Crippen molar-refractivity contribution in [1.29, 1.82) is 0 Å². The number of rotatable bonds is 11. The molecular formula is C24H22O8. The fraction of sp³-hybridized carbons (Fsp3) is 0.167. The molecule has 0 aliphatic rings. The zero-order valence-corrected chi connectivity index (χ0v) is 17.1. The number of esters is 2. The summed E-state index contributed by atoms with van der Waals surface area (Å²) >= 11 is 0. The largest absolute Gasteiger partial charge is 0.478 e. The molecule has 32 heavy (non-hydrogen) atoms. The Morgan fingerprint density at radius 1 is 0.688 bits per heavy atom. The Bertz CT molecular complexity index is 952. The van der Waals surface area contributed by atoms with Crippen molar-refractivity contribution >= 4 is 36.0 Å². The van der Waals surface area contributed by atoms with Gasteiger partial charge in [0.05, 0.1) is 0 Å². The van der Waals surface area contributed by atoms with Crippen molar-refractivity contribution in [1.82, 2.24) is 0 Å². The van der Waals surface area contributed by atoms with Gasteiger partial charge in [0.1, 0.15) is 11.5 Å². The second kappa shape index (κ2) is 12.5. The molecule has 2 rings (SSSR count). The molecule has 166 valence electrons. The standard InChI is InChI=1S/C24H22O8/c25-21(26)13-11-17-5-3-7-19(15-17)31-23(29)9-1-2-10-24(30)32-20-8-4-6-18(16-20)12-14-22(27)28/h3-8,11-16H,1-2,9-10H2,(H,25,26)(H,27,28)/b13-11+,14-12+. The second-order valence-corrected chi connectivity index (χ2v) is 6.64. The summed E-state index contributed by atoms with van der Waals surface area (Å²) in [4.78, 5) is 45.1. The Kier molecular flexibility index (Phi) is 9.39. The third-order valence-corrected chi connectivity index (χ3v) is 4.03. The van der Waals surface area contributed by atoms with E-state index in [1.807, 2.05) is 0 Å². The first kappa shape index (κ1) is 24.1. The molecule has 8 nitrogen and oxygen atoms in total. The first-order chi connectivity index (χ1) is 15.3. The Hall–Kier alpha value is -4.20. The van der Waals surface area contributed by atoms with E-state index in [-0.39, 0.29) is 12.8 Å². The second-order valence-electron chi connectivity index (χ2n) is 6.64. The van der Waals surface area contributed by atoms with Gasteiger partial charge in [0.25, 0.3) is 0 Å². The number of hydrogen-bond donors (Lipinski definition) is 2. The summed E-state index contributed by atoms with van der Waals surface area (Å²) in [6, 6.07) is 12.9. The number of carbonyl (C=O) groups excluding carboxylic acids is 2. The Morgan fingerprint density at radius 3 is 1.47 bits per heavy atom. The minimum absolute atomic E-state index is 0.109. The van der Waals surface area contributed by atoms with Gasteiger partial charge in [-0.15, -0.1) is 0 Å². The predicted molar refractivity (Wildman–Crippen MR) is 116 cm³/mol. The number of hydrogen-bond acceptors (Lipinski definition) is 6. The van der Waals surface area contributed by atoms with E-state index < -0.39 is 23.9 Å². The van der Waals surface area contributed by atoms with Gasteiger partial charge in [-0.2, -0.15) is 0 Å². The van der Waals surface area contributed by atoms with Crippen molar-refractivity contribution in [2.45, 2.75) is 25.7 Å². The van der Waals surface area contributed by atoms with Crippen LogP contribution in [-0.2, 0) is 19.2 Å². The third kappa shape index (κ3) is 9.53. The summed E-state index contributed by atoms with van der Waals surface area (Å²) in [6.45, 7) is 0. The maximum atomic E-state index is 12.0. The van der Waals surface area contributed by atoms with Crippen molar-refractivity contribution in [2.24, 2.45) is 0 Å². The highest BCUT2D eigenvalue weighted by Crippen LogP contribution is 2.17. The molecule has 0 amide bonds. The molecule has 8 heteroatoms. The SMILES string of the molecule is O=C(O)/C=C/c1cccc(OC(=O)CCCCC(=O)Oc2cccc(/C=C/C(=O)O)c2)c1. The fourth-order valence-electron chi connectivity index (χ4n) is 2.60. The van der Waals surface area contributed by atoms with E-state index in [0.717, 1.165) is 12.2 Å². The topological polar surface area (TPSA) is 127 Å². The number of carboxylic acids is 2. The van der Waals surface area contributed by atoms with E-state index in [2.05, 4.69) is 0 Å². The molecule has 0 unspecified atom stereocenters. The van der Waals surface area contributed by atoms with Gasteiger partial charge in [-0.1, -0.05) is 24.3 Å². The van der Waals surface area contributed by atoms with Gasteiger partial charge < -0.3 is 19.7 Å². The van der Waals surface area contributed by atoms with Crippen molar-refractivity contribution in [3.8, 4) is 11.5 Å². The summed E-state index contributed by atoms with van der Waals surface area (Å²) in [5.41, 5.74) is 1.17. The molecule has 0 saturated carbocycles. The predicted octanol–water partition coefficient (Wildman–Crippen LogP) is 3.95. The molecular weight excluding hydrogens is 416 g/mol. The Labute approximate surface area is 184 Å². The minimum Gasteiger partial charge on any atom is -0.478 e. The third-order valence-electron chi connectivity index (χ3n) is 4.03. The molecule has 0 radical (unpaired) electrons. The van der Waals surface area contributed by atoms with Crippen LogP contribution in [0.15, 0.2) is 60.7 Å². The summed E-state index contributed by atoms with van der Waals surface area (Å²) in [5.74, 6) is -2.47. The fourth-order valence-corrected chi connectivity index (χ4v) is 2.60. The molecule has 0 spiro atoms. The van der Waals surface area contributed by atoms with Gasteiger partial charge in [0, 0.05) is 25.0 Å². The van der Waals surface area contributed by atoms with E-state index in [1.54, 1.807) is 48.5 Å². The molecule has 0 bridgehead atoms. The van der Waals surface area contributed by atoms with Crippen LogP contribution in [0.4, 0.5) is 0 Å². The summed E-state index contributed by atoms with van der Waals surface area (Å²) < 4.78 is 10.5. The monoisotopic (exact) mass is 438 g/mol. The quantitative estimate of drug-likeness (QED) is 0.234. The highest BCUT2D eigenvalue weighted by molar-refractivity contribution is 5.86. The van der Waals surface area contributed by atoms with E-state index in [1.165, 1.54) is 12.2 Å². The zero-order chi connectivity index (χ0) is 23.3. The highest BCUT2D eigenvalue weighted by atomic mass is 16.5. The molecule has 0 aliphatic heterocycles. The normalized spacial score (nSPS) is 10.9. The van der Waals surface area contributed by atoms with Gasteiger partial charge in [-0.25, -0.2) is 9.59 Å². The van der Waals surface area contributed by atoms with E-state index in [9.17, 15) is 19.2 Å². The number of carboxylic acid groups (broad SMARTS) is 2. The lowest BCUT2D eigenvalue weighted by Crippen LogP contribution is -2.10. The lowest BCUT2D eigenvalue weighted by Gasteiger charge is -2.06. The average Bonchev–Trinajstić information content (AvgIpc) is 2.74. The smallest absolute Gasteiger partial charge is 0.328 e. The molecule has 0 aliphatic carbocycles. The van der Waals surface area contributed by atoms with Crippen LogP contribution in [0.25, 0.3) is 12.2 Å². The summed E-state index contributed by atoms with van der Waals surface area (Å²) in [5, 5.41) is 17.3. The number of unbranched alkanes of at least 4 members (excludes halogenated alkanes) is 1. The van der Waals surface area contributed by atoms with Crippen molar-refractivity contribution in [3.05, 3.63) is 71.8 Å². The van der Waals surface area contributed by atoms with Crippen LogP contribution in [0.3, 0.4) is 0 Å². The summed E-state index contributed by atoms with van der Waals surface area (Å²) in [6.07, 6.45) is 5.83. The number of carbonyl (C=O) groups is 4. The molecule has 0 aromatic heterocycles. The van der Waals surface area contributed by atoms with E-state index in [4.69, 9.17) is 19.7 Å². The van der Waals surface area contributed by atoms with Crippen LogP contribution in [-0.4, -0.2) is 34.1 Å². The number of benzene rings is 2. The van der Waals surface area contributed by atoms with Crippen molar-refractivity contribution < 1.29 is 38.9 Å². The van der Waals surface area contributed by atoms with Crippen LogP contribution >= 0.6 is 0 Å². The lowest BCUT2D eigenvalue weighted by atomic mass is 10.2. The lowest BCUT2D eigenvalue weighted by molar-refractivity contribution is -0.136. The van der Waals surface area contributed by atoms with Gasteiger partial charge >= 0.3 is 23.9 Å². The van der Waals surface area contributed by atoms with E-state index in [0.29, 0.717) is 35.5 Å². The van der Waals surface area contributed by atoms with Gasteiger partial charge in [-0.3, -0.25) is 9.59 Å². The van der Waals surface area contributed by atoms with Gasteiger partial charge in [0.15, 0.2) is 0 Å². The Morgan fingerprint density at radius 2 is 1.09 bits per heavy atom. The maximum Gasteiger partial charge on any atom is 0.328 e. The molecule has 0 saturated heterocycles. The molecule has 0 heterocycles. The zero-order valence-electron chi connectivity index (χ0n) is 17.1.